The number of rotatable bonds is 4. The summed E-state index contributed by atoms with van der Waals surface area (Å²) in [5.74, 6) is 0. The Morgan fingerprint density at radius 3 is 2.37 bits per heavy atom. The average Bonchev–Trinajstić information content (AvgIpc) is 2.39. The molecule has 0 unspecified atom stereocenters. The zero-order valence-corrected chi connectivity index (χ0v) is 12.1. The summed E-state index contributed by atoms with van der Waals surface area (Å²) in [4.78, 5) is 0.438. The van der Waals surface area contributed by atoms with Crippen LogP contribution in [0.15, 0.2) is 42.5 Å². The van der Waals surface area contributed by atoms with Gasteiger partial charge in [0, 0.05) is 17.8 Å². The van der Waals surface area contributed by atoms with Gasteiger partial charge in [-0.05, 0) is 43.2 Å². The number of anilines is 1. The molecule has 0 radical (unpaired) electrons. The minimum Gasteiger partial charge on any atom is -0.389 e. The van der Waals surface area contributed by atoms with Gasteiger partial charge in [-0.15, -0.1) is 0 Å². The van der Waals surface area contributed by atoms with Gasteiger partial charge in [-0.3, -0.25) is 0 Å². The fourth-order valence-corrected chi connectivity index (χ4v) is 2.05. The lowest BCUT2D eigenvalue weighted by Crippen LogP contribution is -2.10. The molecular formula is C16H18N2S. The maximum atomic E-state index is 5.62. The Hall–Kier alpha value is -1.87. The van der Waals surface area contributed by atoms with Crippen LogP contribution in [-0.2, 0) is 6.54 Å². The van der Waals surface area contributed by atoms with Gasteiger partial charge < -0.3 is 11.1 Å². The van der Waals surface area contributed by atoms with E-state index in [1.807, 2.05) is 18.2 Å². The molecule has 0 fully saturated rings. The van der Waals surface area contributed by atoms with Crippen molar-refractivity contribution in [3.63, 3.8) is 0 Å². The zero-order valence-electron chi connectivity index (χ0n) is 11.2. The highest BCUT2D eigenvalue weighted by molar-refractivity contribution is 7.80. The Balaban J connectivity index is 2.07. The summed E-state index contributed by atoms with van der Waals surface area (Å²) < 4.78 is 0. The number of hydrogen-bond donors (Lipinski definition) is 2. The Morgan fingerprint density at radius 1 is 1.11 bits per heavy atom. The minimum atomic E-state index is 0.438. The molecule has 98 valence electrons. The molecule has 0 bridgehead atoms. The summed E-state index contributed by atoms with van der Waals surface area (Å²) in [6.45, 7) is 4.96. The Bertz CT molecular complexity index is 588. The third-order valence-electron chi connectivity index (χ3n) is 3.11. The van der Waals surface area contributed by atoms with Crippen molar-refractivity contribution in [2.45, 2.75) is 20.4 Å². The van der Waals surface area contributed by atoms with E-state index in [2.05, 4.69) is 43.4 Å². The standard InChI is InChI=1S/C16H18N2S/c1-11-3-5-13(6-4-11)10-18-15-8-7-14(16(17)19)9-12(15)2/h3-9,18H,10H2,1-2H3,(H2,17,19). The molecule has 3 heteroatoms. The van der Waals surface area contributed by atoms with Crippen molar-refractivity contribution in [3.8, 4) is 0 Å². The smallest absolute Gasteiger partial charge is 0.103 e. The molecular weight excluding hydrogens is 252 g/mol. The second-order valence-corrected chi connectivity index (χ2v) is 5.17. The van der Waals surface area contributed by atoms with Crippen molar-refractivity contribution in [1.29, 1.82) is 0 Å². The Morgan fingerprint density at radius 2 is 1.79 bits per heavy atom. The molecule has 0 aliphatic heterocycles. The van der Waals surface area contributed by atoms with Crippen LogP contribution in [0.25, 0.3) is 0 Å². The molecule has 0 spiro atoms. The van der Waals surface area contributed by atoms with Crippen LogP contribution in [0.3, 0.4) is 0 Å². The fraction of sp³-hybridized carbons (Fsp3) is 0.188. The van der Waals surface area contributed by atoms with Crippen molar-refractivity contribution < 1.29 is 0 Å². The minimum absolute atomic E-state index is 0.438. The average molecular weight is 270 g/mol. The van der Waals surface area contributed by atoms with Gasteiger partial charge >= 0.3 is 0 Å². The number of aryl methyl sites for hydroxylation is 2. The van der Waals surface area contributed by atoms with Crippen molar-refractivity contribution >= 4 is 22.9 Å². The highest BCUT2D eigenvalue weighted by Gasteiger charge is 2.02. The molecule has 0 aliphatic rings. The van der Waals surface area contributed by atoms with Gasteiger partial charge in [-0.25, -0.2) is 0 Å². The number of benzene rings is 2. The number of nitrogens with two attached hydrogens (primary N) is 1. The first-order chi connectivity index (χ1) is 9.06. The van der Waals surface area contributed by atoms with Gasteiger partial charge in [0.05, 0.1) is 0 Å². The summed E-state index contributed by atoms with van der Waals surface area (Å²) in [6, 6.07) is 14.5. The van der Waals surface area contributed by atoms with E-state index in [0.29, 0.717) is 4.99 Å². The number of hydrogen-bond acceptors (Lipinski definition) is 2. The SMILES string of the molecule is Cc1ccc(CNc2ccc(C(N)=S)cc2C)cc1. The fourth-order valence-electron chi connectivity index (χ4n) is 1.92. The quantitative estimate of drug-likeness (QED) is 0.834. The molecule has 0 saturated carbocycles. The van der Waals surface area contributed by atoms with Crippen LogP contribution in [0.1, 0.15) is 22.3 Å². The molecule has 0 atom stereocenters. The van der Waals surface area contributed by atoms with Crippen molar-refractivity contribution in [3.05, 3.63) is 64.7 Å². The molecule has 2 aromatic carbocycles. The molecule has 0 amide bonds. The molecule has 0 aliphatic carbocycles. The third-order valence-corrected chi connectivity index (χ3v) is 3.35. The molecule has 3 N–H and O–H groups in total. The van der Waals surface area contributed by atoms with Crippen LogP contribution >= 0.6 is 12.2 Å². The van der Waals surface area contributed by atoms with Crippen LogP contribution < -0.4 is 11.1 Å². The van der Waals surface area contributed by atoms with Crippen LogP contribution in [0.2, 0.25) is 0 Å². The molecule has 19 heavy (non-hydrogen) atoms. The van der Waals surface area contributed by atoms with Gasteiger partial charge in [-0.2, -0.15) is 0 Å². The first kappa shape index (κ1) is 13.6. The van der Waals surface area contributed by atoms with E-state index in [9.17, 15) is 0 Å². The van der Waals surface area contributed by atoms with Crippen molar-refractivity contribution in [2.75, 3.05) is 5.32 Å². The number of nitrogens with one attached hydrogen (secondary N) is 1. The lowest BCUT2D eigenvalue weighted by Gasteiger charge is -2.11. The third kappa shape index (κ3) is 3.55. The first-order valence-electron chi connectivity index (χ1n) is 6.26. The van der Waals surface area contributed by atoms with E-state index in [1.54, 1.807) is 0 Å². The van der Waals surface area contributed by atoms with E-state index >= 15 is 0 Å². The van der Waals surface area contributed by atoms with E-state index < -0.39 is 0 Å². The summed E-state index contributed by atoms with van der Waals surface area (Å²) in [5, 5.41) is 3.43. The van der Waals surface area contributed by atoms with Crippen LogP contribution in [0, 0.1) is 13.8 Å². The predicted octanol–water partition coefficient (Wildman–Crippen LogP) is 3.55. The largest absolute Gasteiger partial charge is 0.389 e. The maximum absolute atomic E-state index is 5.62. The lowest BCUT2D eigenvalue weighted by atomic mass is 10.1. The topological polar surface area (TPSA) is 38.0 Å². The summed E-state index contributed by atoms with van der Waals surface area (Å²) in [5.41, 5.74) is 11.3. The summed E-state index contributed by atoms with van der Waals surface area (Å²) in [6.07, 6.45) is 0. The molecule has 2 aromatic rings. The highest BCUT2D eigenvalue weighted by atomic mass is 32.1. The summed E-state index contributed by atoms with van der Waals surface area (Å²) in [7, 11) is 0. The van der Waals surface area contributed by atoms with Gasteiger partial charge in [0.1, 0.15) is 4.99 Å². The van der Waals surface area contributed by atoms with E-state index in [0.717, 1.165) is 23.4 Å². The second-order valence-electron chi connectivity index (χ2n) is 4.73. The van der Waals surface area contributed by atoms with Crippen molar-refractivity contribution in [2.24, 2.45) is 5.73 Å². The summed E-state index contributed by atoms with van der Waals surface area (Å²) >= 11 is 4.98. The monoisotopic (exact) mass is 270 g/mol. The Kier molecular flexibility index (Phi) is 4.17. The van der Waals surface area contributed by atoms with E-state index in [1.165, 1.54) is 11.1 Å². The lowest BCUT2D eigenvalue weighted by molar-refractivity contribution is 1.14. The predicted molar refractivity (Wildman–Crippen MR) is 85.6 cm³/mol. The van der Waals surface area contributed by atoms with Gasteiger partial charge in [0.2, 0.25) is 0 Å². The zero-order chi connectivity index (χ0) is 13.8. The first-order valence-corrected chi connectivity index (χ1v) is 6.67. The molecule has 2 rings (SSSR count). The van der Waals surface area contributed by atoms with Gasteiger partial charge in [-0.1, -0.05) is 42.0 Å². The van der Waals surface area contributed by atoms with Gasteiger partial charge in [0.15, 0.2) is 0 Å². The molecule has 0 saturated heterocycles. The van der Waals surface area contributed by atoms with Crippen LogP contribution in [-0.4, -0.2) is 4.99 Å². The van der Waals surface area contributed by atoms with E-state index in [-0.39, 0.29) is 0 Å². The maximum Gasteiger partial charge on any atom is 0.103 e. The van der Waals surface area contributed by atoms with Crippen LogP contribution in [0.4, 0.5) is 5.69 Å². The number of thiocarbonyl (C=S) groups is 1. The second kappa shape index (κ2) is 5.85. The molecule has 0 aromatic heterocycles. The normalized spacial score (nSPS) is 10.2. The van der Waals surface area contributed by atoms with Crippen LogP contribution in [0.5, 0.6) is 0 Å². The van der Waals surface area contributed by atoms with Crippen molar-refractivity contribution in [1.82, 2.24) is 0 Å². The van der Waals surface area contributed by atoms with Gasteiger partial charge in [0.25, 0.3) is 0 Å². The Labute approximate surface area is 119 Å². The molecule has 2 nitrogen and oxygen atoms in total. The highest BCUT2D eigenvalue weighted by Crippen LogP contribution is 2.17. The molecule has 0 heterocycles. The van der Waals surface area contributed by atoms with E-state index in [4.69, 9.17) is 18.0 Å².